The van der Waals surface area contributed by atoms with Gasteiger partial charge in [0.2, 0.25) is 0 Å². The largest absolute Gasteiger partial charge is 0.507 e. The summed E-state index contributed by atoms with van der Waals surface area (Å²) in [4.78, 5) is 11.4. The van der Waals surface area contributed by atoms with Gasteiger partial charge in [-0.25, -0.2) is 0 Å². The number of para-hydroxylation sites is 4. The first-order valence-corrected chi connectivity index (χ1v) is 25.9. The van der Waals surface area contributed by atoms with Crippen LogP contribution in [0.3, 0.4) is 0 Å². The van der Waals surface area contributed by atoms with Gasteiger partial charge in [-0.15, -0.1) is 0 Å². The maximum absolute atomic E-state index is 12.3. The van der Waals surface area contributed by atoms with E-state index in [-0.39, 0.29) is 33.2 Å². The third-order valence-electron chi connectivity index (χ3n) is 14.6. The topological polar surface area (TPSA) is 91.5 Å². The molecule has 2 N–H and O–H groups in total. The minimum Gasteiger partial charge on any atom is -0.507 e. The molecule has 10 rings (SSSR count). The van der Waals surface area contributed by atoms with E-state index in [1.807, 2.05) is 48.8 Å². The lowest BCUT2D eigenvalue weighted by Gasteiger charge is -2.28. The first-order chi connectivity index (χ1) is 35.1. The molecule has 0 saturated heterocycles. The Labute approximate surface area is 436 Å². The van der Waals surface area contributed by atoms with E-state index in [1.54, 1.807) is 0 Å². The summed E-state index contributed by atoms with van der Waals surface area (Å²) >= 11 is 0. The van der Waals surface area contributed by atoms with Crippen molar-refractivity contribution in [2.24, 2.45) is 9.98 Å². The third kappa shape index (κ3) is 9.32. The summed E-state index contributed by atoms with van der Waals surface area (Å²) in [7, 11) is 0. The molecule has 0 radical (unpaired) electrons. The van der Waals surface area contributed by atoms with Crippen LogP contribution in [0.2, 0.25) is 0 Å². The van der Waals surface area contributed by atoms with Crippen LogP contribution in [0.4, 0.5) is 0 Å². The molecule has 6 heteroatoms. The van der Waals surface area contributed by atoms with Gasteiger partial charge in [0.15, 0.2) is 0 Å². The van der Waals surface area contributed by atoms with Crippen LogP contribution in [0.25, 0.3) is 66.1 Å². The Morgan fingerprint density at radius 3 is 1.09 bits per heavy atom. The van der Waals surface area contributed by atoms with Crippen LogP contribution in [0, 0.1) is 0 Å². The lowest BCUT2D eigenvalue weighted by atomic mass is 9.79. The highest BCUT2D eigenvalue weighted by atomic mass is 16.3. The van der Waals surface area contributed by atoms with E-state index in [1.165, 1.54) is 0 Å². The van der Waals surface area contributed by atoms with Crippen LogP contribution >= 0.6 is 0 Å². The molecule has 0 aliphatic heterocycles. The number of phenols is 2. The fraction of sp³-hybridized carbons (Fsp3) is 0.265. The molecule has 0 amide bonds. The highest BCUT2D eigenvalue weighted by Crippen LogP contribution is 2.48. The van der Waals surface area contributed by atoms with Gasteiger partial charge in [0, 0.05) is 67.4 Å². The maximum atomic E-state index is 12.3. The van der Waals surface area contributed by atoms with Gasteiger partial charge in [-0.05, 0) is 79.3 Å². The fourth-order valence-electron chi connectivity index (χ4n) is 10.4. The number of fused-ring (bicyclic) bond motifs is 6. The third-order valence-corrected chi connectivity index (χ3v) is 14.6. The Kier molecular flexibility index (Phi) is 12.6. The van der Waals surface area contributed by atoms with Crippen LogP contribution < -0.4 is 0 Å². The van der Waals surface area contributed by atoms with Crippen molar-refractivity contribution in [2.75, 3.05) is 0 Å². The predicted molar refractivity (Wildman–Crippen MR) is 310 cm³/mol. The summed E-state index contributed by atoms with van der Waals surface area (Å²) in [5.74, 6) is 0.396. The van der Waals surface area contributed by atoms with E-state index in [9.17, 15) is 10.2 Å². The molecule has 0 bridgehead atoms. The van der Waals surface area contributed by atoms with Crippen LogP contribution in [-0.4, -0.2) is 22.6 Å². The SMILES string of the molecule is CC(C)(C)c1cc(C=N[C@@H](c2ccccc2-c2cccc3c2oc2ccccc23)[C@@H](N=Cc2cc(C(C)(C)C)cc(C(C)(C)C)c2O)c2ccccc2-c2cccc3c2oc2ccccc23)c(O)c(C(C)(C)C)c1. The second-order valence-electron chi connectivity index (χ2n) is 24.1. The smallest absolute Gasteiger partial charge is 0.143 e. The van der Waals surface area contributed by atoms with Gasteiger partial charge >= 0.3 is 0 Å². The van der Waals surface area contributed by atoms with Crippen LogP contribution in [0.15, 0.2) is 177 Å². The number of rotatable bonds is 9. The Morgan fingerprint density at radius 1 is 0.378 bits per heavy atom. The van der Waals surface area contributed by atoms with E-state index >= 15 is 0 Å². The van der Waals surface area contributed by atoms with Crippen molar-refractivity contribution in [2.45, 2.75) is 117 Å². The van der Waals surface area contributed by atoms with Crippen molar-refractivity contribution in [3.8, 4) is 33.8 Å². The summed E-state index contributed by atoms with van der Waals surface area (Å²) < 4.78 is 13.5. The molecule has 0 saturated carbocycles. The van der Waals surface area contributed by atoms with Gasteiger partial charge in [-0.3, -0.25) is 9.98 Å². The maximum Gasteiger partial charge on any atom is 0.143 e. The fourth-order valence-corrected chi connectivity index (χ4v) is 10.4. The normalized spacial score (nSPS) is 13.8. The molecule has 0 aliphatic rings. The van der Waals surface area contributed by atoms with E-state index in [0.29, 0.717) is 11.1 Å². The molecule has 6 nitrogen and oxygen atoms in total. The van der Waals surface area contributed by atoms with Crippen molar-refractivity contribution in [3.05, 3.63) is 202 Å². The minimum atomic E-state index is -0.719. The highest BCUT2D eigenvalue weighted by molar-refractivity contribution is 6.11. The number of aromatic hydroxyl groups is 2. The average molecular weight is 977 g/mol. The van der Waals surface area contributed by atoms with Gasteiger partial charge in [-0.2, -0.15) is 0 Å². The van der Waals surface area contributed by atoms with Crippen molar-refractivity contribution < 1.29 is 19.0 Å². The monoisotopic (exact) mass is 977 g/mol. The highest BCUT2D eigenvalue weighted by Gasteiger charge is 2.32. The van der Waals surface area contributed by atoms with E-state index < -0.39 is 12.1 Å². The lowest BCUT2D eigenvalue weighted by Crippen LogP contribution is -2.18. The molecule has 374 valence electrons. The van der Waals surface area contributed by atoms with Gasteiger partial charge in [0.25, 0.3) is 0 Å². The molecule has 0 aliphatic carbocycles. The minimum absolute atomic E-state index is 0.198. The second kappa shape index (κ2) is 18.7. The molecule has 0 unspecified atom stereocenters. The number of hydrogen-bond donors (Lipinski definition) is 2. The van der Waals surface area contributed by atoms with E-state index in [0.717, 1.165) is 99.5 Å². The average Bonchev–Trinajstić information content (AvgIpc) is 3.94. The van der Waals surface area contributed by atoms with Gasteiger partial charge in [0.1, 0.15) is 45.9 Å². The summed E-state index contributed by atoms with van der Waals surface area (Å²) in [5, 5.41) is 28.8. The van der Waals surface area contributed by atoms with Crippen LogP contribution in [-0.2, 0) is 21.7 Å². The molecular weight excluding hydrogens is 909 g/mol. The molecular formula is C68H68N2O4. The van der Waals surface area contributed by atoms with Gasteiger partial charge in [-0.1, -0.05) is 217 Å². The van der Waals surface area contributed by atoms with Gasteiger partial charge < -0.3 is 19.0 Å². The summed E-state index contributed by atoms with van der Waals surface area (Å²) in [6, 6.07) is 52.8. The van der Waals surface area contributed by atoms with E-state index in [4.69, 9.17) is 18.8 Å². The van der Waals surface area contributed by atoms with Crippen molar-refractivity contribution in [1.82, 2.24) is 0 Å². The molecule has 0 spiro atoms. The van der Waals surface area contributed by atoms with Crippen LogP contribution in [0.1, 0.15) is 140 Å². The van der Waals surface area contributed by atoms with Crippen LogP contribution in [0.5, 0.6) is 11.5 Å². The lowest BCUT2D eigenvalue weighted by molar-refractivity contribution is 0.442. The van der Waals surface area contributed by atoms with Crippen molar-refractivity contribution >= 4 is 56.3 Å². The predicted octanol–water partition coefficient (Wildman–Crippen LogP) is 18.4. The molecule has 2 aromatic heterocycles. The number of nitrogens with zero attached hydrogens (tertiary/aromatic N) is 2. The number of furan rings is 2. The molecule has 0 fully saturated rings. The zero-order valence-corrected chi connectivity index (χ0v) is 44.9. The number of phenolic OH excluding ortho intramolecular Hbond substituents is 2. The Morgan fingerprint density at radius 2 is 0.716 bits per heavy atom. The standard InChI is InChI=1S/C68H68N2O4/c1-65(2,3)43-35-41(61(71)55(37-43)67(7,8)9)39-69-59(49-27-15-13-23-45(49)51-29-21-31-53-47-25-17-19-33-57(47)73-63(51)53)60(70-40-42-36-44(66(4,5)6)38-56(62(42)72)68(10,11)12)50-28-16-14-24-46(50)52-30-22-32-54-48-26-18-20-34-58(48)74-64(52)54/h13-40,59-60,71-72H,1-12H3/t59-,60-/m0/s1. The second-order valence-corrected chi connectivity index (χ2v) is 24.1. The number of hydrogen-bond acceptors (Lipinski definition) is 6. The molecule has 8 aromatic carbocycles. The van der Waals surface area contributed by atoms with E-state index in [2.05, 4.69) is 204 Å². The molecule has 10 aromatic rings. The summed E-state index contributed by atoms with van der Waals surface area (Å²) in [6.45, 7) is 26.0. The first kappa shape index (κ1) is 49.9. The number of aliphatic imine (C=N–C) groups is 2. The zero-order valence-electron chi connectivity index (χ0n) is 44.9. The first-order valence-electron chi connectivity index (χ1n) is 25.9. The summed E-state index contributed by atoms with van der Waals surface area (Å²) in [5.41, 5.74) is 12.7. The Hall–Kier alpha value is -7.70. The quantitative estimate of drug-likeness (QED) is 0.141. The summed E-state index contributed by atoms with van der Waals surface area (Å²) in [6.07, 6.45) is 3.70. The molecule has 2 heterocycles. The van der Waals surface area contributed by atoms with Crippen molar-refractivity contribution in [3.63, 3.8) is 0 Å². The zero-order chi connectivity index (χ0) is 52.5. The molecule has 2 atom stereocenters. The molecule has 74 heavy (non-hydrogen) atoms. The van der Waals surface area contributed by atoms with Gasteiger partial charge in [0.05, 0.1) is 0 Å². The Bertz CT molecular complexity index is 3570. The van der Waals surface area contributed by atoms with Crippen molar-refractivity contribution in [1.29, 1.82) is 0 Å². The number of benzene rings is 8. The Balaban J connectivity index is 1.30.